The molecule has 3 N–H and O–H groups in total. The van der Waals surface area contributed by atoms with E-state index in [1.807, 2.05) is 13.8 Å². The van der Waals surface area contributed by atoms with E-state index in [2.05, 4.69) is 5.32 Å². The fourth-order valence-electron chi connectivity index (χ4n) is 1.73. The molecule has 0 aliphatic heterocycles. The van der Waals surface area contributed by atoms with Crippen molar-refractivity contribution in [3.05, 3.63) is 35.6 Å². The van der Waals surface area contributed by atoms with Gasteiger partial charge in [0.2, 0.25) is 5.91 Å². The molecule has 1 atom stereocenters. The molecule has 3 nitrogen and oxygen atoms in total. The number of halogens is 1. The van der Waals surface area contributed by atoms with Gasteiger partial charge in [-0.25, -0.2) is 4.39 Å². The van der Waals surface area contributed by atoms with E-state index in [-0.39, 0.29) is 36.6 Å². The largest absolute Gasteiger partial charge is 0.354 e. The highest BCUT2D eigenvalue weighted by Crippen LogP contribution is 2.21. The quantitative estimate of drug-likeness (QED) is 0.821. The molecule has 94 valence electrons. The van der Waals surface area contributed by atoms with Crippen LogP contribution in [0.4, 0.5) is 4.39 Å². The van der Waals surface area contributed by atoms with Crippen LogP contribution in [0.3, 0.4) is 0 Å². The summed E-state index contributed by atoms with van der Waals surface area (Å²) in [5, 5.41) is 2.78. The van der Waals surface area contributed by atoms with E-state index in [0.29, 0.717) is 5.56 Å². The van der Waals surface area contributed by atoms with E-state index in [9.17, 15) is 9.18 Å². The Bertz CT molecular complexity index is 379. The smallest absolute Gasteiger partial charge is 0.220 e. The number of hydrogen-bond acceptors (Lipinski definition) is 2. The topological polar surface area (TPSA) is 55.1 Å². The third-order valence-corrected chi connectivity index (χ3v) is 2.51. The molecule has 1 unspecified atom stereocenters. The van der Waals surface area contributed by atoms with E-state index in [0.717, 1.165) is 0 Å². The number of rotatable bonds is 5. The fraction of sp³-hybridized carbons (Fsp3) is 0.462. The van der Waals surface area contributed by atoms with Gasteiger partial charge in [0.25, 0.3) is 0 Å². The Morgan fingerprint density at radius 1 is 1.41 bits per heavy atom. The first-order valence-electron chi connectivity index (χ1n) is 5.78. The molecule has 17 heavy (non-hydrogen) atoms. The van der Waals surface area contributed by atoms with Crippen LogP contribution in [0.2, 0.25) is 0 Å². The lowest BCUT2D eigenvalue weighted by atomic mass is 9.95. The van der Waals surface area contributed by atoms with Crippen LogP contribution in [0.1, 0.15) is 31.7 Å². The first-order valence-corrected chi connectivity index (χ1v) is 5.78. The molecule has 1 aromatic rings. The van der Waals surface area contributed by atoms with Gasteiger partial charge in [0.05, 0.1) is 0 Å². The minimum atomic E-state index is -0.305. The first-order chi connectivity index (χ1) is 8.04. The van der Waals surface area contributed by atoms with Crippen molar-refractivity contribution in [1.29, 1.82) is 0 Å². The van der Waals surface area contributed by atoms with Crippen molar-refractivity contribution in [1.82, 2.24) is 5.32 Å². The van der Waals surface area contributed by atoms with Gasteiger partial charge in [-0.05, 0) is 32.0 Å². The van der Waals surface area contributed by atoms with Crippen molar-refractivity contribution in [2.24, 2.45) is 5.73 Å². The van der Waals surface area contributed by atoms with Crippen LogP contribution < -0.4 is 11.1 Å². The Morgan fingerprint density at radius 2 is 2.06 bits per heavy atom. The van der Waals surface area contributed by atoms with E-state index >= 15 is 0 Å². The normalized spacial score (nSPS) is 12.5. The van der Waals surface area contributed by atoms with Crippen molar-refractivity contribution in [3.8, 4) is 0 Å². The lowest BCUT2D eigenvalue weighted by molar-refractivity contribution is -0.121. The van der Waals surface area contributed by atoms with E-state index < -0.39 is 0 Å². The molecule has 4 heteroatoms. The third-order valence-electron chi connectivity index (χ3n) is 2.51. The van der Waals surface area contributed by atoms with Crippen molar-refractivity contribution in [3.63, 3.8) is 0 Å². The Kier molecular flexibility index (Phi) is 5.10. The second kappa shape index (κ2) is 6.35. The van der Waals surface area contributed by atoms with Crippen LogP contribution in [-0.2, 0) is 4.79 Å². The SMILES string of the molecule is CC(C)NC(=O)CC(CN)c1ccccc1F. The maximum Gasteiger partial charge on any atom is 0.220 e. The molecule has 0 saturated carbocycles. The van der Waals surface area contributed by atoms with Gasteiger partial charge in [-0.1, -0.05) is 18.2 Å². The van der Waals surface area contributed by atoms with Crippen LogP contribution >= 0.6 is 0 Å². The zero-order chi connectivity index (χ0) is 12.8. The van der Waals surface area contributed by atoms with Gasteiger partial charge in [-0.3, -0.25) is 4.79 Å². The average Bonchev–Trinajstić information content (AvgIpc) is 2.26. The molecular weight excluding hydrogens is 219 g/mol. The Balaban J connectivity index is 2.73. The molecule has 1 amide bonds. The molecule has 0 saturated heterocycles. The lowest BCUT2D eigenvalue weighted by Gasteiger charge is -2.16. The molecule has 0 aliphatic carbocycles. The van der Waals surface area contributed by atoms with Gasteiger partial charge in [-0.15, -0.1) is 0 Å². The average molecular weight is 238 g/mol. The van der Waals surface area contributed by atoms with E-state index in [1.165, 1.54) is 6.07 Å². The van der Waals surface area contributed by atoms with E-state index in [4.69, 9.17) is 5.73 Å². The molecule has 0 spiro atoms. The summed E-state index contributed by atoms with van der Waals surface area (Å²) in [6.07, 6.45) is 0.218. The zero-order valence-electron chi connectivity index (χ0n) is 10.2. The van der Waals surface area contributed by atoms with Gasteiger partial charge >= 0.3 is 0 Å². The molecule has 0 bridgehead atoms. The van der Waals surface area contributed by atoms with Crippen LogP contribution in [-0.4, -0.2) is 18.5 Å². The second-order valence-electron chi connectivity index (χ2n) is 4.38. The number of nitrogens with two attached hydrogens (primary N) is 1. The predicted octanol–water partition coefficient (Wildman–Crippen LogP) is 1.78. The third kappa shape index (κ3) is 4.15. The zero-order valence-corrected chi connectivity index (χ0v) is 10.2. The minimum absolute atomic E-state index is 0.0848. The summed E-state index contributed by atoms with van der Waals surface area (Å²) in [6.45, 7) is 4.03. The predicted molar refractivity (Wildman–Crippen MR) is 66.1 cm³/mol. The number of amides is 1. The van der Waals surface area contributed by atoms with Gasteiger partial charge in [-0.2, -0.15) is 0 Å². The van der Waals surface area contributed by atoms with Gasteiger partial charge in [0.15, 0.2) is 0 Å². The Labute approximate surface area is 101 Å². The molecule has 0 radical (unpaired) electrons. The molecule has 0 heterocycles. The molecule has 1 aromatic carbocycles. The second-order valence-corrected chi connectivity index (χ2v) is 4.38. The number of nitrogens with one attached hydrogen (secondary N) is 1. The number of carbonyl (C=O) groups is 1. The monoisotopic (exact) mass is 238 g/mol. The number of benzene rings is 1. The molecule has 0 aromatic heterocycles. The Hall–Kier alpha value is -1.42. The maximum atomic E-state index is 13.6. The van der Waals surface area contributed by atoms with Crippen LogP contribution in [0.25, 0.3) is 0 Å². The van der Waals surface area contributed by atoms with Gasteiger partial charge < -0.3 is 11.1 Å². The highest BCUT2D eigenvalue weighted by Gasteiger charge is 2.17. The van der Waals surface area contributed by atoms with Crippen LogP contribution in [0, 0.1) is 5.82 Å². The molecule has 1 rings (SSSR count). The molecular formula is C13H19FN2O. The first kappa shape index (κ1) is 13.6. The summed E-state index contributed by atoms with van der Waals surface area (Å²) in [5.41, 5.74) is 6.11. The molecule has 0 fully saturated rings. The minimum Gasteiger partial charge on any atom is -0.354 e. The van der Waals surface area contributed by atoms with Crippen LogP contribution in [0.15, 0.2) is 24.3 Å². The van der Waals surface area contributed by atoms with Crippen molar-refractivity contribution in [2.45, 2.75) is 32.2 Å². The van der Waals surface area contributed by atoms with Gasteiger partial charge in [0.1, 0.15) is 5.82 Å². The fourth-order valence-corrected chi connectivity index (χ4v) is 1.73. The summed E-state index contributed by atoms with van der Waals surface area (Å²) < 4.78 is 13.6. The summed E-state index contributed by atoms with van der Waals surface area (Å²) in [5.74, 6) is -0.672. The lowest BCUT2D eigenvalue weighted by Crippen LogP contribution is -2.32. The highest BCUT2D eigenvalue weighted by atomic mass is 19.1. The maximum absolute atomic E-state index is 13.6. The van der Waals surface area contributed by atoms with Crippen molar-refractivity contribution < 1.29 is 9.18 Å². The number of hydrogen-bond donors (Lipinski definition) is 2. The number of carbonyl (C=O) groups excluding carboxylic acids is 1. The standard InChI is InChI=1S/C13H19FN2O/c1-9(2)16-13(17)7-10(8-15)11-5-3-4-6-12(11)14/h3-6,9-10H,7-8,15H2,1-2H3,(H,16,17). The van der Waals surface area contributed by atoms with Crippen molar-refractivity contribution >= 4 is 5.91 Å². The van der Waals surface area contributed by atoms with Gasteiger partial charge in [0, 0.05) is 18.4 Å². The summed E-state index contributed by atoms with van der Waals surface area (Å²) in [4.78, 5) is 11.6. The summed E-state index contributed by atoms with van der Waals surface area (Å²) in [7, 11) is 0. The van der Waals surface area contributed by atoms with Crippen molar-refractivity contribution in [2.75, 3.05) is 6.54 Å². The van der Waals surface area contributed by atoms with Crippen LogP contribution in [0.5, 0.6) is 0 Å². The summed E-state index contributed by atoms with van der Waals surface area (Å²) in [6, 6.07) is 6.53. The Morgan fingerprint density at radius 3 is 2.59 bits per heavy atom. The summed E-state index contributed by atoms with van der Waals surface area (Å²) >= 11 is 0. The van der Waals surface area contributed by atoms with E-state index in [1.54, 1.807) is 18.2 Å². The highest BCUT2D eigenvalue weighted by molar-refractivity contribution is 5.77. The molecule has 0 aliphatic rings.